The fourth-order valence-electron chi connectivity index (χ4n) is 4.24. The van der Waals surface area contributed by atoms with Crippen LogP contribution in [0.5, 0.6) is 11.5 Å². The molecule has 172 valence electrons. The Balaban J connectivity index is 1.56. The molecule has 3 aromatic rings. The fourth-order valence-corrected chi connectivity index (χ4v) is 4.24. The molecule has 0 bridgehead atoms. The molecule has 0 saturated heterocycles. The second-order valence-corrected chi connectivity index (χ2v) is 8.34. The topological polar surface area (TPSA) is 67.9 Å². The predicted molar refractivity (Wildman–Crippen MR) is 126 cm³/mol. The van der Waals surface area contributed by atoms with Crippen molar-refractivity contribution < 1.29 is 23.5 Å². The first-order valence-corrected chi connectivity index (χ1v) is 11.0. The standard InChI is InChI=1S/C27H23FN2O4/c1-16-7-9-20(17(2)13-16)24-25(29-19-8-10-22-23(14-19)34-12-11-33-22)27(32)30(26(24)31)15-18-5-3-4-6-21(18)28/h3-10,13-14,29H,11-12,15H2,1-2H3. The van der Waals surface area contributed by atoms with Crippen molar-refractivity contribution in [2.24, 2.45) is 0 Å². The molecule has 2 heterocycles. The number of anilines is 1. The van der Waals surface area contributed by atoms with Crippen LogP contribution in [-0.2, 0) is 16.1 Å². The van der Waals surface area contributed by atoms with Crippen LogP contribution in [0.4, 0.5) is 10.1 Å². The molecule has 5 rings (SSSR count). The molecule has 34 heavy (non-hydrogen) atoms. The zero-order valence-electron chi connectivity index (χ0n) is 18.9. The van der Waals surface area contributed by atoms with Gasteiger partial charge in [-0.15, -0.1) is 0 Å². The van der Waals surface area contributed by atoms with Gasteiger partial charge in [-0.3, -0.25) is 14.5 Å². The van der Waals surface area contributed by atoms with Gasteiger partial charge in [0, 0.05) is 17.3 Å². The molecule has 1 N–H and O–H groups in total. The van der Waals surface area contributed by atoms with Crippen molar-refractivity contribution in [2.45, 2.75) is 20.4 Å². The Morgan fingerprint density at radius 2 is 1.68 bits per heavy atom. The Labute approximate surface area is 196 Å². The number of halogens is 1. The lowest BCUT2D eigenvalue weighted by atomic mass is 9.97. The molecule has 0 unspecified atom stereocenters. The second-order valence-electron chi connectivity index (χ2n) is 8.34. The molecule has 0 radical (unpaired) electrons. The number of fused-ring (bicyclic) bond motifs is 1. The molecule has 0 saturated carbocycles. The molecule has 2 aliphatic rings. The van der Waals surface area contributed by atoms with Crippen molar-refractivity contribution in [1.29, 1.82) is 0 Å². The number of hydrogen-bond acceptors (Lipinski definition) is 5. The summed E-state index contributed by atoms with van der Waals surface area (Å²) in [7, 11) is 0. The summed E-state index contributed by atoms with van der Waals surface area (Å²) in [5.41, 5.74) is 3.81. The first-order chi connectivity index (χ1) is 16.4. The van der Waals surface area contributed by atoms with E-state index in [-0.39, 0.29) is 23.4 Å². The summed E-state index contributed by atoms with van der Waals surface area (Å²) in [6.07, 6.45) is 0. The van der Waals surface area contributed by atoms with E-state index < -0.39 is 17.6 Å². The quantitative estimate of drug-likeness (QED) is 0.566. The maximum atomic E-state index is 14.3. The van der Waals surface area contributed by atoms with Crippen molar-refractivity contribution in [3.63, 3.8) is 0 Å². The lowest BCUT2D eigenvalue weighted by Gasteiger charge is -2.19. The number of amides is 2. The largest absolute Gasteiger partial charge is 0.486 e. The number of aryl methyl sites for hydroxylation is 2. The SMILES string of the molecule is Cc1ccc(C2=C(Nc3ccc4c(c3)OCCO4)C(=O)N(Cc3ccccc3F)C2=O)c(C)c1. The van der Waals surface area contributed by atoms with Gasteiger partial charge in [0.2, 0.25) is 0 Å². The highest BCUT2D eigenvalue weighted by atomic mass is 19.1. The van der Waals surface area contributed by atoms with Crippen LogP contribution >= 0.6 is 0 Å². The van der Waals surface area contributed by atoms with E-state index in [1.807, 2.05) is 32.0 Å². The first kappa shape index (κ1) is 21.7. The van der Waals surface area contributed by atoms with E-state index in [0.717, 1.165) is 16.0 Å². The van der Waals surface area contributed by atoms with Crippen LogP contribution in [0.25, 0.3) is 5.57 Å². The van der Waals surface area contributed by atoms with Gasteiger partial charge in [0.15, 0.2) is 11.5 Å². The third-order valence-corrected chi connectivity index (χ3v) is 5.92. The van der Waals surface area contributed by atoms with E-state index in [0.29, 0.717) is 36.0 Å². The molecule has 6 nitrogen and oxygen atoms in total. The number of carbonyl (C=O) groups is 2. The van der Waals surface area contributed by atoms with E-state index in [1.54, 1.807) is 36.4 Å². The predicted octanol–water partition coefficient (Wildman–Crippen LogP) is 4.61. The van der Waals surface area contributed by atoms with Gasteiger partial charge in [0.1, 0.15) is 24.7 Å². The summed E-state index contributed by atoms with van der Waals surface area (Å²) in [5, 5.41) is 3.13. The number of rotatable bonds is 5. The second kappa shape index (κ2) is 8.67. The minimum absolute atomic E-state index is 0.143. The third-order valence-electron chi connectivity index (χ3n) is 5.92. The van der Waals surface area contributed by atoms with Crippen LogP contribution in [0.2, 0.25) is 0 Å². The minimum Gasteiger partial charge on any atom is -0.486 e. The molecule has 3 aromatic carbocycles. The van der Waals surface area contributed by atoms with E-state index in [2.05, 4.69) is 5.32 Å². The maximum absolute atomic E-state index is 14.3. The van der Waals surface area contributed by atoms with Crippen LogP contribution < -0.4 is 14.8 Å². The molecule has 0 atom stereocenters. The highest BCUT2D eigenvalue weighted by Crippen LogP contribution is 2.36. The van der Waals surface area contributed by atoms with Crippen molar-refractivity contribution in [2.75, 3.05) is 18.5 Å². The van der Waals surface area contributed by atoms with E-state index in [1.165, 1.54) is 6.07 Å². The van der Waals surface area contributed by atoms with Gasteiger partial charge in [-0.2, -0.15) is 0 Å². The number of carbonyl (C=O) groups excluding carboxylic acids is 2. The zero-order valence-corrected chi connectivity index (χ0v) is 18.9. The van der Waals surface area contributed by atoms with E-state index in [9.17, 15) is 14.0 Å². The van der Waals surface area contributed by atoms with E-state index >= 15 is 0 Å². The molecule has 2 amide bonds. The Kier molecular flexibility index (Phi) is 5.53. The summed E-state index contributed by atoms with van der Waals surface area (Å²) in [6.45, 7) is 4.60. The van der Waals surface area contributed by atoms with Gasteiger partial charge >= 0.3 is 0 Å². The first-order valence-electron chi connectivity index (χ1n) is 11.0. The van der Waals surface area contributed by atoms with Gasteiger partial charge in [-0.25, -0.2) is 4.39 Å². The Bertz CT molecular complexity index is 1350. The Hall–Kier alpha value is -4.13. The molecule has 0 aliphatic carbocycles. The average molecular weight is 458 g/mol. The number of nitrogens with zero attached hydrogens (tertiary/aromatic N) is 1. The Morgan fingerprint density at radius 3 is 2.44 bits per heavy atom. The average Bonchev–Trinajstić information content (AvgIpc) is 3.05. The van der Waals surface area contributed by atoms with Crippen LogP contribution in [0, 0.1) is 19.7 Å². The molecule has 0 spiro atoms. The molecule has 0 fully saturated rings. The van der Waals surface area contributed by atoms with Gasteiger partial charge in [0.25, 0.3) is 11.8 Å². The van der Waals surface area contributed by atoms with Gasteiger partial charge in [-0.05, 0) is 43.2 Å². The fraction of sp³-hybridized carbons (Fsp3) is 0.185. The summed E-state index contributed by atoms with van der Waals surface area (Å²) in [6, 6.07) is 17.1. The van der Waals surface area contributed by atoms with E-state index in [4.69, 9.17) is 9.47 Å². The molecular formula is C27H23FN2O4. The zero-order chi connectivity index (χ0) is 23.8. The molecule has 7 heteroatoms. The summed E-state index contributed by atoms with van der Waals surface area (Å²) >= 11 is 0. The van der Waals surface area contributed by atoms with Gasteiger partial charge in [0.05, 0.1) is 12.1 Å². The van der Waals surface area contributed by atoms with Crippen molar-refractivity contribution in [1.82, 2.24) is 4.90 Å². The van der Waals surface area contributed by atoms with Crippen molar-refractivity contribution >= 4 is 23.1 Å². The molecule has 2 aliphatic heterocycles. The number of ether oxygens (including phenoxy) is 2. The van der Waals surface area contributed by atoms with Gasteiger partial charge < -0.3 is 14.8 Å². The molecule has 0 aromatic heterocycles. The number of benzene rings is 3. The lowest BCUT2D eigenvalue weighted by molar-refractivity contribution is -0.137. The number of hydrogen-bond donors (Lipinski definition) is 1. The summed E-state index contributed by atoms with van der Waals surface area (Å²) < 4.78 is 25.5. The molecular weight excluding hydrogens is 435 g/mol. The van der Waals surface area contributed by atoms with Crippen LogP contribution in [0.15, 0.2) is 66.4 Å². The normalized spacial score (nSPS) is 15.2. The lowest BCUT2D eigenvalue weighted by Crippen LogP contribution is -2.32. The van der Waals surface area contributed by atoms with Crippen LogP contribution in [0.3, 0.4) is 0 Å². The van der Waals surface area contributed by atoms with Crippen LogP contribution in [-0.4, -0.2) is 29.9 Å². The third kappa shape index (κ3) is 3.90. The minimum atomic E-state index is -0.516. The highest BCUT2D eigenvalue weighted by molar-refractivity contribution is 6.36. The van der Waals surface area contributed by atoms with Crippen molar-refractivity contribution in [3.05, 3.63) is 94.4 Å². The number of nitrogens with one attached hydrogen (secondary N) is 1. The number of imide groups is 1. The van der Waals surface area contributed by atoms with Crippen molar-refractivity contribution in [3.8, 4) is 11.5 Å². The summed E-state index contributed by atoms with van der Waals surface area (Å²) in [4.78, 5) is 28.1. The van der Waals surface area contributed by atoms with Crippen LogP contribution in [0.1, 0.15) is 22.3 Å². The highest BCUT2D eigenvalue weighted by Gasteiger charge is 2.40. The van der Waals surface area contributed by atoms with Gasteiger partial charge in [-0.1, -0.05) is 42.0 Å². The summed E-state index contributed by atoms with van der Waals surface area (Å²) in [5.74, 6) is -0.275. The smallest absolute Gasteiger partial charge is 0.278 e. The maximum Gasteiger partial charge on any atom is 0.278 e. The Morgan fingerprint density at radius 1 is 0.912 bits per heavy atom. The monoisotopic (exact) mass is 458 g/mol.